The van der Waals surface area contributed by atoms with Crippen molar-refractivity contribution in [3.8, 4) is 17.0 Å². The lowest BCUT2D eigenvalue weighted by Crippen LogP contribution is -1.88. The maximum atomic E-state index is 11.2. The number of rotatable bonds is 2. The van der Waals surface area contributed by atoms with Gasteiger partial charge in [-0.05, 0) is 42.4 Å². The molecule has 0 spiro atoms. The molecule has 0 aliphatic carbocycles. The number of pyridine rings is 1. The predicted molar refractivity (Wildman–Crippen MR) is 77.5 cm³/mol. The summed E-state index contributed by atoms with van der Waals surface area (Å²) in [6.45, 7) is 1.85. The standard InChI is InChI=1S/C14H10ClN3O2/c1-8-3-2-4-12-16-13(14(17-20)18(8)12)10-7-9(15)5-6-11(10)19/h2-7,19H,1H3. The Morgan fingerprint density at radius 1 is 1.30 bits per heavy atom. The number of phenolic OH excluding ortho intramolecular Hbond substituents is 1. The maximum absolute atomic E-state index is 11.2. The highest BCUT2D eigenvalue weighted by Crippen LogP contribution is 2.37. The van der Waals surface area contributed by atoms with Crippen LogP contribution in [0.2, 0.25) is 5.02 Å². The van der Waals surface area contributed by atoms with Crippen LogP contribution in [0.4, 0.5) is 5.82 Å². The molecule has 6 heteroatoms. The van der Waals surface area contributed by atoms with Gasteiger partial charge in [-0.25, -0.2) is 4.98 Å². The molecule has 100 valence electrons. The largest absolute Gasteiger partial charge is 0.507 e. The summed E-state index contributed by atoms with van der Waals surface area (Å²) >= 11 is 5.94. The fourth-order valence-electron chi connectivity index (χ4n) is 2.20. The molecule has 20 heavy (non-hydrogen) atoms. The summed E-state index contributed by atoms with van der Waals surface area (Å²) in [6.07, 6.45) is 0. The van der Waals surface area contributed by atoms with Crippen LogP contribution in [0.25, 0.3) is 16.9 Å². The van der Waals surface area contributed by atoms with Gasteiger partial charge in [-0.3, -0.25) is 4.40 Å². The smallest absolute Gasteiger partial charge is 0.210 e. The van der Waals surface area contributed by atoms with Gasteiger partial charge in [0.05, 0.1) is 0 Å². The molecule has 0 unspecified atom stereocenters. The minimum Gasteiger partial charge on any atom is -0.507 e. The maximum Gasteiger partial charge on any atom is 0.210 e. The quantitative estimate of drug-likeness (QED) is 0.723. The molecule has 0 aliphatic rings. The highest BCUT2D eigenvalue weighted by Gasteiger charge is 2.18. The Kier molecular flexibility index (Phi) is 2.91. The van der Waals surface area contributed by atoms with Gasteiger partial charge in [0.15, 0.2) is 0 Å². The van der Waals surface area contributed by atoms with Crippen molar-refractivity contribution in [2.75, 3.05) is 0 Å². The normalized spacial score (nSPS) is 10.9. The van der Waals surface area contributed by atoms with Gasteiger partial charge in [0.2, 0.25) is 5.82 Å². The first kappa shape index (κ1) is 12.6. The lowest BCUT2D eigenvalue weighted by Gasteiger charge is -2.03. The third-order valence-electron chi connectivity index (χ3n) is 3.11. The second-order valence-electron chi connectivity index (χ2n) is 4.40. The van der Waals surface area contributed by atoms with Crippen LogP contribution in [0.1, 0.15) is 5.69 Å². The average Bonchev–Trinajstić information content (AvgIpc) is 2.81. The van der Waals surface area contributed by atoms with E-state index < -0.39 is 0 Å². The molecule has 3 rings (SSSR count). The van der Waals surface area contributed by atoms with Gasteiger partial charge >= 0.3 is 0 Å². The SMILES string of the molecule is Cc1cccc2nc(-c3cc(Cl)ccc3O)c(N=O)n12. The molecule has 0 bridgehead atoms. The van der Waals surface area contributed by atoms with Crippen molar-refractivity contribution < 1.29 is 5.11 Å². The first-order valence-corrected chi connectivity index (χ1v) is 6.30. The Morgan fingerprint density at radius 3 is 2.85 bits per heavy atom. The van der Waals surface area contributed by atoms with E-state index in [-0.39, 0.29) is 11.6 Å². The summed E-state index contributed by atoms with van der Waals surface area (Å²) in [7, 11) is 0. The molecule has 2 aromatic heterocycles. The van der Waals surface area contributed by atoms with E-state index >= 15 is 0 Å². The second kappa shape index (κ2) is 4.61. The number of halogens is 1. The van der Waals surface area contributed by atoms with E-state index in [1.54, 1.807) is 22.6 Å². The van der Waals surface area contributed by atoms with Crippen molar-refractivity contribution in [2.45, 2.75) is 6.92 Å². The number of nitroso groups, excluding NO2 is 1. The average molecular weight is 288 g/mol. The number of aromatic hydroxyl groups is 1. The second-order valence-corrected chi connectivity index (χ2v) is 4.83. The first-order chi connectivity index (χ1) is 9.61. The zero-order chi connectivity index (χ0) is 14.3. The number of hydrogen-bond acceptors (Lipinski definition) is 4. The zero-order valence-electron chi connectivity index (χ0n) is 10.5. The Labute approximate surface area is 119 Å². The van der Waals surface area contributed by atoms with E-state index in [1.807, 2.05) is 19.1 Å². The summed E-state index contributed by atoms with van der Waals surface area (Å²) in [5, 5.41) is 13.5. The van der Waals surface area contributed by atoms with E-state index in [4.69, 9.17) is 11.6 Å². The van der Waals surface area contributed by atoms with Crippen LogP contribution in [0.3, 0.4) is 0 Å². The molecule has 3 aromatic rings. The monoisotopic (exact) mass is 287 g/mol. The van der Waals surface area contributed by atoms with Crippen LogP contribution < -0.4 is 0 Å². The molecule has 5 nitrogen and oxygen atoms in total. The summed E-state index contributed by atoms with van der Waals surface area (Å²) in [6, 6.07) is 10.0. The van der Waals surface area contributed by atoms with Crippen molar-refractivity contribution in [1.82, 2.24) is 9.38 Å². The molecule has 1 N–H and O–H groups in total. The zero-order valence-corrected chi connectivity index (χ0v) is 11.3. The summed E-state index contributed by atoms with van der Waals surface area (Å²) in [5.74, 6) is 0.149. The lowest BCUT2D eigenvalue weighted by atomic mass is 10.1. The van der Waals surface area contributed by atoms with Gasteiger partial charge in [-0.1, -0.05) is 17.7 Å². The predicted octanol–water partition coefficient (Wildman–Crippen LogP) is 4.07. The van der Waals surface area contributed by atoms with E-state index in [1.165, 1.54) is 6.07 Å². The number of aromatic nitrogens is 2. The fraction of sp³-hybridized carbons (Fsp3) is 0.0714. The molecule has 0 atom stereocenters. The molecule has 1 aromatic carbocycles. The summed E-state index contributed by atoms with van der Waals surface area (Å²) < 4.78 is 1.64. The number of benzene rings is 1. The van der Waals surface area contributed by atoms with Gasteiger partial charge in [0.25, 0.3) is 0 Å². The number of phenols is 1. The Balaban J connectivity index is 2.39. The molecule has 0 radical (unpaired) electrons. The van der Waals surface area contributed by atoms with Crippen LogP contribution in [0.5, 0.6) is 5.75 Å². The van der Waals surface area contributed by atoms with Crippen LogP contribution in [-0.2, 0) is 0 Å². The van der Waals surface area contributed by atoms with Crippen LogP contribution >= 0.6 is 11.6 Å². The van der Waals surface area contributed by atoms with Crippen molar-refractivity contribution in [2.24, 2.45) is 5.18 Å². The van der Waals surface area contributed by atoms with Crippen LogP contribution in [0, 0.1) is 11.8 Å². The van der Waals surface area contributed by atoms with Gasteiger partial charge < -0.3 is 5.11 Å². The topological polar surface area (TPSA) is 67.0 Å². The molecule has 0 aliphatic heterocycles. The van der Waals surface area contributed by atoms with E-state index in [0.29, 0.717) is 21.9 Å². The van der Waals surface area contributed by atoms with Crippen LogP contribution in [-0.4, -0.2) is 14.5 Å². The van der Waals surface area contributed by atoms with Gasteiger partial charge in [-0.2, -0.15) is 0 Å². The molecule has 2 heterocycles. The van der Waals surface area contributed by atoms with Gasteiger partial charge in [-0.15, -0.1) is 4.91 Å². The summed E-state index contributed by atoms with van der Waals surface area (Å²) in [5.41, 5.74) is 2.12. The minimum absolute atomic E-state index is 0.000333. The number of nitrogens with zero attached hydrogens (tertiary/aromatic N) is 3. The minimum atomic E-state index is 0.000333. The lowest BCUT2D eigenvalue weighted by molar-refractivity contribution is 0.477. The van der Waals surface area contributed by atoms with Gasteiger partial charge in [0, 0.05) is 16.3 Å². The fourth-order valence-corrected chi connectivity index (χ4v) is 2.37. The number of aryl methyl sites for hydroxylation is 1. The molecule has 0 fully saturated rings. The molecule has 0 saturated carbocycles. The number of hydrogen-bond donors (Lipinski definition) is 1. The Hall–Kier alpha value is -2.40. The molecular formula is C14H10ClN3O2. The Bertz CT molecular complexity index is 827. The third-order valence-corrected chi connectivity index (χ3v) is 3.35. The van der Waals surface area contributed by atoms with Crippen molar-refractivity contribution in [1.29, 1.82) is 0 Å². The van der Waals surface area contributed by atoms with Crippen LogP contribution in [0.15, 0.2) is 41.6 Å². The van der Waals surface area contributed by atoms with Gasteiger partial charge in [0.1, 0.15) is 17.1 Å². The molecule has 0 amide bonds. The first-order valence-electron chi connectivity index (χ1n) is 5.92. The van der Waals surface area contributed by atoms with E-state index in [2.05, 4.69) is 10.2 Å². The number of imidazole rings is 1. The molecular weight excluding hydrogens is 278 g/mol. The van der Waals surface area contributed by atoms with Crippen molar-refractivity contribution >= 4 is 23.1 Å². The highest BCUT2D eigenvalue weighted by molar-refractivity contribution is 6.31. The Morgan fingerprint density at radius 2 is 2.10 bits per heavy atom. The van der Waals surface area contributed by atoms with Crippen molar-refractivity contribution in [3.63, 3.8) is 0 Å². The summed E-state index contributed by atoms with van der Waals surface area (Å²) in [4.78, 5) is 15.6. The van der Waals surface area contributed by atoms with E-state index in [9.17, 15) is 10.0 Å². The molecule has 0 saturated heterocycles. The third kappa shape index (κ3) is 1.83. The highest BCUT2D eigenvalue weighted by atomic mass is 35.5. The van der Waals surface area contributed by atoms with E-state index in [0.717, 1.165) is 5.69 Å². The van der Waals surface area contributed by atoms with Crippen molar-refractivity contribution in [3.05, 3.63) is 52.0 Å². The number of fused-ring (bicyclic) bond motifs is 1.